The number of fused-ring (bicyclic) bond motifs is 7. The molecule has 0 spiro atoms. The lowest BCUT2D eigenvalue weighted by Crippen LogP contribution is -2.59. The summed E-state index contributed by atoms with van der Waals surface area (Å²) in [5.41, 5.74) is 5.54. The number of hydrogen-bond acceptors (Lipinski definition) is 3. The van der Waals surface area contributed by atoms with E-state index >= 15 is 0 Å². The third-order valence-corrected chi connectivity index (χ3v) is 11.9. The highest BCUT2D eigenvalue weighted by molar-refractivity contribution is 6.06. The molecule has 3 fully saturated rings. The molecule has 186 valence electrons. The molecule has 0 unspecified atom stereocenters. The second-order valence-electron chi connectivity index (χ2n) is 13.7. The maximum atomic E-state index is 12.6. The molecule has 0 bridgehead atoms. The molecule has 0 aliphatic heterocycles. The van der Waals surface area contributed by atoms with Crippen LogP contribution in [-0.2, 0) is 4.79 Å². The quantitative estimate of drug-likeness (QED) is 0.454. The number of nitrogens with one attached hydrogen (secondary N) is 1. The largest absolute Gasteiger partial charge is 0.504 e. The summed E-state index contributed by atoms with van der Waals surface area (Å²) >= 11 is 0. The van der Waals surface area contributed by atoms with E-state index in [1.807, 2.05) is 6.92 Å². The van der Waals surface area contributed by atoms with E-state index in [2.05, 4.69) is 59.1 Å². The van der Waals surface area contributed by atoms with Crippen LogP contribution in [0.5, 0.6) is 0 Å². The lowest BCUT2D eigenvalue weighted by atomic mass is 9.36. The topological polar surface area (TPSA) is 49.3 Å². The molecule has 0 aromatic carbocycles. The highest BCUT2D eigenvalue weighted by Gasteiger charge is 2.65. The van der Waals surface area contributed by atoms with Crippen molar-refractivity contribution in [2.75, 3.05) is 13.6 Å². The van der Waals surface area contributed by atoms with E-state index in [0.29, 0.717) is 10.8 Å². The summed E-state index contributed by atoms with van der Waals surface area (Å²) in [6.07, 6.45) is 16.4. The van der Waals surface area contributed by atoms with Gasteiger partial charge in [-0.25, -0.2) is 0 Å². The summed E-state index contributed by atoms with van der Waals surface area (Å²) < 4.78 is 0. The third-order valence-electron chi connectivity index (χ3n) is 11.9. The predicted molar refractivity (Wildman–Crippen MR) is 139 cm³/mol. The van der Waals surface area contributed by atoms with E-state index in [1.165, 1.54) is 50.5 Å². The van der Waals surface area contributed by atoms with Gasteiger partial charge in [0.2, 0.25) is 5.78 Å². The predicted octanol–water partition coefficient (Wildman–Crippen LogP) is 7.22. The van der Waals surface area contributed by atoms with Gasteiger partial charge in [-0.3, -0.25) is 4.79 Å². The van der Waals surface area contributed by atoms with Crippen LogP contribution in [0, 0.1) is 33.0 Å². The Bertz CT molecular complexity index is 1060. The number of rotatable bonds is 2. The van der Waals surface area contributed by atoms with Gasteiger partial charge >= 0.3 is 0 Å². The third kappa shape index (κ3) is 3.01. The fourth-order valence-electron chi connectivity index (χ4n) is 9.35. The van der Waals surface area contributed by atoms with Crippen LogP contribution in [0.3, 0.4) is 0 Å². The Morgan fingerprint density at radius 3 is 2.38 bits per heavy atom. The van der Waals surface area contributed by atoms with Gasteiger partial charge in [0.15, 0.2) is 5.76 Å². The SMILES string of the molecule is CNC[C@@]1(C)CC[C@H]2[C@](C)(CC1)CC[C@]1(C)C3=CC=C4C(=CC(=O)C(O)=C4C)[C@]3(C)CC[C@@]21C. The molecule has 0 amide bonds. The van der Waals surface area contributed by atoms with Crippen LogP contribution in [0.15, 0.2) is 46.3 Å². The lowest BCUT2D eigenvalue weighted by Gasteiger charge is -2.68. The minimum absolute atomic E-state index is 0.0844. The number of aliphatic hydroxyl groups excluding tert-OH is 1. The van der Waals surface area contributed by atoms with Gasteiger partial charge < -0.3 is 10.4 Å². The number of ketones is 1. The van der Waals surface area contributed by atoms with Gasteiger partial charge in [0.25, 0.3) is 0 Å². The van der Waals surface area contributed by atoms with Gasteiger partial charge in [-0.05, 0) is 110 Å². The summed E-state index contributed by atoms with van der Waals surface area (Å²) in [7, 11) is 2.10. The van der Waals surface area contributed by atoms with E-state index in [9.17, 15) is 9.90 Å². The van der Waals surface area contributed by atoms with Gasteiger partial charge in [-0.1, -0.05) is 52.3 Å². The number of hydrogen-bond donors (Lipinski definition) is 2. The molecule has 6 atom stereocenters. The number of aliphatic hydroxyl groups is 1. The maximum absolute atomic E-state index is 12.6. The average Bonchev–Trinajstić information content (AvgIpc) is 2.92. The summed E-state index contributed by atoms with van der Waals surface area (Å²) in [5, 5.41) is 13.8. The van der Waals surface area contributed by atoms with E-state index < -0.39 is 0 Å². The zero-order valence-electron chi connectivity index (χ0n) is 22.5. The van der Waals surface area contributed by atoms with E-state index in [1.54, 1.807) is 6.08 Å². The second-order valence-corrected chi connectivity index (χ2v) is 13.7. The highest BCUT2D eigenvalue weighted by Crippen LogP contribution is 2.74. The smallest absolute Gasteiger partial charge is 0.220 e. The molecule has 3 saturated carbocycles. The molecule has 0 saturated heterocycles. The minimum Gasteiger partial charge on any atom is -0.504 e. The molecule has 2 N–H and O–H groups in total. The van der Waals surface area contributed by atoms with Crippen LogP contribution in [-0.4, -0.2) is 24.5 Å². The summed E-state index contributed by atoms with van der Waals surface area (Å²) in [4.78, 5) is 12.6. The standard InChI is InChI=1S/C31H45NO2/c1-20-21-8-9-25-29(4,22(21)18-23(33)26(20)34)15-17-30(5)24-10-11-27(2,19-32-7)12-13-28(24,3)14-16-31(25,30)6/h8-9,18,24,32,34H,10-17,19H2,1-7H3/t24-,27-,28+,29-,30-,31+/m0/s1. The molecule has 5 rings (SSSR count). The number of carbonyl (C=O) groups is 1. The van der Waals surface area contributed by atoms with Crippen molar-refractivity contribution in [3.05, 3.63) is 46.3 Å². The van der Waals surface area contributed by atoms with Crippen LogP contribution in [0.25, 0.3) is 0 Å². The first kappa shape index (κ1) is 24.1. The van der Waals surface area contributed by atoms with Crippen molar-refractivity contribution in [1.29, 1.82) is 0 Å². The Labute approximate surface area is 206 Å². The van der Waals surface area contributed by atoms with Gasteiger partial charge in [0, 0.05) is 17.5 Å². The Morgan fingerprint density at radius 2 is 1.68 bits per heavy atom. The van der Waals surface area contributed by atoms with Gasteiger partial charge in [-0.15, -0.1) is 0 Å². The molecule has 0 aromatic heterocycles. The fraction of sp³-hybridized carbons (Fsp3) is 0.710. The van der Waals surface area contributed by atoms with E-state index in [0.717, 1.165) is 35.6 Å². The fourth-order valence-corrected chi connectivity index (χ4v) is 9.35. The number of allylic oxidation sites excluding steroid dienone is 7. The van der Waals surface area contributed by atoms with Crippen molar-refractivity contribution >= 4 is 5.78 Å². The van der Waals surface area contributed by atoms with Crippen molar-refractivity contribution in [3.8, 4) is 0 Å². The van der Waals surface area contributed by atoms with Crippen molar-refractivity contribution in [2.24, 2.45) is 33.0 Å². The van der Waals surface area contributed by atoms with Crippen molar-refractivity contribution in [2.45, 2.75) is 92.9 Å². The average molecular weight is 464 g/mol. The Morgan fingerprint density at radius 1 is 0.971 bits per heavy atom. The van der Waals surface area contributed by atoms with Gasteiger partial charge in [0.1, 0.15) is 0 Å². The lowest BCUT2D eigenvalue weighted by molar-refractivity contribution is -0.127. The zero-order chi connectivity index (χ0) is 24.7. The zero-order valence-corrected chi connectivity index (χ0v) is 22.5. The monoisotopic (exact) mass is 463 g/mol. The summed E-state index contributed by atoms with van der Waals surface area (Å²) in [6.45, 7) is 15.7. The molecule has 0 heterocycles. The highest BCUT2D eigenvalue weighted by atomic mass is 16.3. The Kier molecular flexibility index (Phi) is 5.28. The van der Waals surface area contributed by atoms with Crippen LogP contribution < -0.4 is 5.32 Å². The Hall–Kier alpha value is -1.61. The molecule has 5 aliphatic carbocycles. The maximum Gasteiger partial charge on any atom is 0.220 e. The summed E-state index contributed by atoms with van der Waals surface area (Å²) in [6, 6.07) is 0. The molecule has 5 aliphatic rings. The van der Waals surface area contributed by atoms with Gasteiger partial charge in [0.05, 0.1) is 0 Å². The van der Waals surface area contributed by atoms with Crippen LogP contribution in [0.2, 0.25) is 0 Å². The summed E-state index contributed by atoms with van der Waals surface area (Å²) in [5.74, 6) is 0.411. The molecule has 0 aromatic rings. The molecule has 3 heteroatoms. The molecule has 0 radical (unpaired) electrons. The van der Waals surface area contributed by atoms with Crippen LogP contribution in [0.1, 0.15) is 92.9 Å². The molecule has 34 heavy (non-hydrogen) atoms. The first-order valence-corrected chi connectivity index (χ1v) is 13.6. The second kappa shape index (κ2) is 7.45. The van der Waals surface area contributed by atoms with Crippen molar-refractivity contribution in [1.82, 2.24) is 5.32 Å². The van der Waals surface area contributed by atoms with E-state index in [4.69, 9.17) is 0 Å². The van der Waals surface area contributed by atoms with Crippen molar-refractivity contribution < 1.29 is 9.90 Å². The first-order valence-electron chi connectivity index (χ1n) is 13.6. The minimum atomic E-state index is -0.227. The Balaban J connectivity index is 1.59. The first-order chi connectivity index (χ1) is 15.8. The normalized spacial score (nSPS) is 46.3. The molecular weight excluding hydrogens is 418 g/mol. The van der Waals surface area contributed by atoms with Crippen molar-refractivity contribution in [3.63, 3.8) is 0 Å². The van der Waals surface area contributed by atoms with Crippen LogP contribution in [0.4, 0.5) is 0 Å². The molecule has 3 nitrogen and oxygen atoms in total. The van der Waals surface area contributed by atoms with Crippen LogP contribution >= 0.6 is 0 Å². The van der Waals surface area contributed by atoms with Gasteiger partial charge in [-0.2, -0.15) is 0 Å². The van der Waals surface area contributed by atoms with E-state index in [-0.39, 0.29) is 27.8 Å². The number of carbonyl (C=O) groups excluding carboxylic acids is 1. The molecular formula is C31H45NO2.